The van der Waals surface area contributed by atoms with Gasteiger partial charge in [0.25, 0.3) is 0 Å². The van der Waals surface area contributed by atoms with Crippen molar-refractivity contribution >= 4 is 27.5 Å². The number of hydrogen-bond donors (Lipinski definition) is 1. The molecule has 0 spiro atoms. The molecule has 2 aromatic carbocycles. The molecule has 1 amide bonds. The van der Waals surface area contributed by atoms with E-state index in [1.54, 1.807) is 36.0 Å². The topological polar surface area (TPSA) is 63.2 Å². The van der Waals surface area contributed by atoms with E-state index >= 15 is 0 Å². The second-order valence-corrected chi connectivity index (χ2v) is 9.11. The molecule has 4 nitrogen and oxygen atoms in total. The highest BCUT2D eigenvalue weighted by Crippen LogP contribution is 2.17. The highest BCUT2D eigenvalue weighted by atomic mass is 32.2. The van der Waals surface area contributed by atoms with Gasteiger partial charge in [-0.1, -0.05) is 42.0 Å². The average molecular weight is 378 g/mol. The number of amides is 1. The van der Waals surface area contributed by atoms with Crippen molar-refractivity contribution in [3.63, 3.8) is 0 Å². The Bertz CT molecular complexity index is 830. The van der Waals surface area contributed by atoms with Crippen molar-refractivity contribution in [1.29, 1.82) is 0 Å². The first-order valence-electron chi connectivity index (χ1n) is 7.98. The number of carbonyl (C=O) groups excluding carboxylic acids is 1. The first-order valence-corrected chi connectivity index (χ1v) is 11.0. The molecule has 0 saturated heterocycles. The minimum absolute atomic E-state index is 0.0302. The number of aryl methyl sites for hydroxylation is 1. The highest BCUT2D eigenvalue weighted by Gasteiger charge is 2.12. The van der Waals surface area contributed by atoms with E-state index in [1.807, 2.05) is 13.0 Å². The van der Waals surface area contributed by atoms with Crippen LogP contribution < -0.4 is 5.32 Å². The summed E-state index contributed by atoms with van der Waals surface area (Å²) >= 11 is 1.57. The Balaban J connectivity index is 1.83. The van der Waals surface area contributed by atoms with Crippen molar-refractivity contribution in [1.82, 2.24) is 5.32 Å². The summed E-state index contributed by atoms with van der Waals surface area (Å²) in [5, 5.41) is 2.94. The van der Waals surface area contributed by atoms with Crippen LogP contribution in [0.5, 0.6) is 0 Å². The smallest absolute Gasteiger partial charge is 0.230 e. The van der Waals surface area contributed by atoms with Crippen molar-refractivity contribution < 1.29 is 13.2 Å². The minimum Gasteiger partial charge on any atom is -0.349 e. The number of thioether (sulfide) groups is 1. The maximum Gasteiger partial charge on any atom is 0.230 e. The molecule has 0 aliphatic carbocycles. The number of hydrogen-bond acceptors (Lipinski definition) is 4. The van der Waals surface area contributed by atoms with Crippen LogP contribution in [0.1, 0.15) is 29.7 Å². The standard InChI is InChI=1S/C19H23NO3S2/c1-14-5-4-6-16(11-14)12-24-13-19(21)20-15(2)17-7-9-18(10-8-17)25(3,22)23/h4-11,15H,12-13H2,1-3H3,(H,20,21). The molecule has 0 aromatic heterocycles. The van der Waals surface area contributed by atoms with Crippen molar-refractivity contribution in [2.75, 3.05) is 12.0 Å². The van der Waals surface area contributed by atoms with Gasteiger partial charge in [0.15, 0.2) is 9.84 Å². The van der Waals surface area contributed by atoms with Gasteiger partial charge >= 0.3 is 0 Å². The lowest BCUT2D eigenvalue weighted by Gasteiger charge is -2.14. The van der Waals surface area contributed by atoms with Crippen molar-refractivity contribution in [2.24, 2.45) is 0 Å². The molecule has 0 saturated carbocycles. The van der Waals surface area contributed by atoms with E-state index in [0.717, 1.165) is 11.3 Å². The zero-order valence-corrected chi connectivity index (χ0v) is 16.3. The Hall–Kier alpha value is -1.79. The van der Waals surface area contributed by atoms with E-state index in [4.69, 9.17) is 0 Å². The van der Waals surface area contributed by atoms with Crippen LogP contribution in [0, 0.1) is 6.92 Å². The fourth-order valence-corrected chi connectivity index (χ4v) is 3.85. The Kier molecular flexibility index (Phi) is 6.67. The van der Waals surface area contributed by atoms with Crippen LogP contribution in [0.2, 0.25) is 0 Å². The van der Waals surface area contributed by atoms with E-state index in [9.17, 15) is 13.2 Å². The molecule has 0 heterocycles. The number of benzene rings is 2. The summed E-state index contributed by atoms with van der Waals surface area (Å²) in [6, 6.07) is 14.7. The second kappa shape index (κ2) is 8.54. The van der Waals surface area contributed by atoms with Gasteiger partial charge in [0.1, 0.15) is 0 Å². The predicted molar refractivity (Wildman–Crippen MR) is 103 cm³/mol. The zero-order chi connectivity index (χ0) is 18.4. The molecule has 134 valence electrons. The lowest BCUT2D eigenvalue weighted by molar-refractivity contribution is -0.119. The van der Waals surface area contributed by atoms with Gasteiger partial charge in [0, 0.05) is 12.0 Å². The van der Waals surface area contributed by atoms with Crippen LogP contribution in [0.3, 0.4) is 0 Å². The normalized spacial score (nSPS) is 12.6. The van der Waals surface area contributed by atoms with E-state index in [0.29, 0.717) is 5.75 Å². The van der Waals surface area contributed by atoms with Crippen molar-refractivity contribution in [3.05, 3.63) is 65.2 Å². The van der Waals surface area contributed by atoms with Gasteiger partial charge in [0.05, 0.1) is 16.7 Å². The van der Waals surface area contributed by atoms with Gasteiger partial charge in [-0.2, -0.15) is 0 Å². The quantitative estimate of drug-likeness (QED) is 0.802. The summed E-state index contributed by atoms with van der Waals surface area (Å²) in [7, 11) is -3.20. The van der Waals surface area contributed by atoms with Crippen LogP contribution in [0.15, 0.2) is 53.4 Å². The number of sulfone groups is 1. The molecule has 0 fully saturated rings. The van der Waals surface area contributed by atoms with Crippen LogP contribution in [0.25, 0.3) is 0 Å². The molecule has 1 unspecified atom stereocenters. The van der Waals surface area contributed by atoms with Gasteiger partial charge < -0.3 is 5.32 Å². The van der Waals surface area contributed by atoms with Gasteiger partial charge in [0.2, 0.25) is 5.91 Å². The Labute approximate surface area is 154 Å². The van der Waals surface area contributed by atoms with E-state index in [-0.39, 0.29) is 16.8 Å². The monoisotopic (exact) mass is 377 g/mol. The molecular formula is C19H23NO3S2. The summed E-state index contributed by atoms with van der Waals surface area (Å²) in [6.07, 6.45) is 1.18. The maximum absolute atomic E-state index is 12.1. The summed E-state index contributed by atoms with van der Waals surface area (Å²) in [5.41, 5.74) is 3.31. The van der Waals surface area contributed by atoms with Gasteiger partial charge in [-0.05, 0) is 37.1 Å². The molecule has 0 bridgehead atoms. The van der Waals surface area contributed by atoms with Crippen LogP contribution in [-0.2, 0) is 20.4 Å². The van der Waals surface area contributed by atoms with Gasteiger partial charge in [-0.3, -0.25) is 4.79 Å². The molecule has 0 radical (unpaired) electrons. The molecule has 2 aromatic rings. The lowest BCUT2D eigenvalue weighted by atomic mass is 10.1. The zero-order valence-electron chi connectivity index (χ0n) is 14.7. The highest BCUT2D eigenvalue weighted by molar-refractivity contribution is 7.99. The molecule has 1 atom stereocenters. The Morgan fingerprint density at radius 1 is 1.16 bits per heavy atom. The summed E-state index contributed by atoms with van der Waals surface area (Å²) < 4.78 is 23.0. The predicted octanol–water partition coefficient (Wildman–Crippen LogP) is 3.51. The summed E-state index contributed by atoms with van der Waals surface area (Å²) in [4.78, 5) is 12.4. The maximum atomic E-state index is 12.1. The largest absolute Gasteiger partial charge is 0.349 e. The van der Waals surface area contributed by atoms with Crippen LogP contribution in [-0.4, -0.2) is 26.3 Å². The van der Waals surface area contributed by atoms with E-state index < -0.39 is 9.84 Å². The van der Waals surface area contributed by atoms with Gasteiger partial charge in [-0.15, -0.1) is 11.8 Å². The first-order chi connectivity index (χ1) is 11.8. The average Bonchev–Trinajstić information content (AvgIpc) is 2.54. The summed E-state index contributed by atoms with van der Waals surface area (Å²) in [5.74, 6) is 1.16. The Morgan fingerprint density at radius 3 is 2.44 bits per heavy atom. The number of rotatable bonds is 7. The molecule has 25 heavy (non-hydrogen) atoms. The molecule has 0 aliphatic rings. The molecule has 0 aliphatic heterocycles. The molecular weight excluding hydrogens is 354 g/mol. The number of carbonyl (C=O) groups is 1. The van der Waals surface area contributed by atoms with E-state index in [1.165, 1.54) is 17.4 Å². The van der Waals surface area contributed by atoms with E-state index in [2.05, 4.69) is 30.4 Å². The third-order valence-corrected chi connectivity index (χ3v) is 5.90. The Morgan fingerprint density at radius 2 is 1.84 bits per heavy atom. The number of nitrogens with one attached hydrogen (secondary N) is 1. The first kappa shape index (κ1) is 19.5. The summed E-state index contributed by atoms with van der Waals surface area (Å²) in [6.45, 7) is 3.94. The van der Waals surface area contributed by atoms with Crippen LogP contribution in [0.4, 0.5) is 0 Å². The minimum atomic E-state index is -3.20. The lowest BCUT2D eigenvalue weighted by Crippen LogP contribution is -2.28. The van der Waals surface area contributed by atoms with Crippen LogP contribution >= 0.6 is 11.8 Å². The van der Waals surface area contributed by atoms with Crippen molar-refractivity contribution in [2.45, 2.75) is 30.5 Å². The SMILES string of the molecule is Cc1cccc(CSCC(=O)NC(C)c2ccc(S(C)(=O)=O)cc2)c1. The fraction of sp³-hybridized carbons (Fsp3) is 0.316. The second-order valence-electron chi connectivity index (χ2n) is 6.11. The molecule has 2 rings (SSSR count). The molecule has 1 N–H and O–H groups in total. The molecule has 6 heteroatoms. The van der Waals surface area contributed by atoms with Crippen molar-refractivity contribution in [3.8, 4) is 0 Å². The third kappa shape index (κ3) is 6.21. The fourth-order valence-electron chi connectivity index (χ4n) is 2.43. The third-order valence-electron chi connectivity index (χ3n) is 3.77. The van der Waals surface area contributed by atoms with Gasteiger partial charge in [-0.25, -0.2) is 8.42 Å².